The van der Waals surface area contributed by atoms with E-state index < -0.39 is 22.0 Å². The number of nitro benzene ring substituents is 1. The number of hydrogen-bond donors (Lipinski definition) is 1. The van der Waals surface area contributed by atoms with Crippen LogP contribution in [-0.2, 0) is 6.54 Å². The van der Waals surface area contributed by atoms with Crippen LogP contribution in [0.4, 0.5) is 5.69 Å². The van der Waals surface area contributed by atoms with E-state index in [-0.39, 0.29) is 17.3 Å². The second-order valence-electron chi connectivity index (χ2n) is 6.02. The molecule has 3 rings (SSSR count). The molecule has 0 saturated heterocycles. The van der Waals surface area contributed by atoms with Crippen molar-refractivity contribution in [2.24, 2.45) is 0 Å². The molecule has 9 nitrogen and oxygen atoms in total. The fourth-order valence-corrected chi connectivity index (χ4v) is 4.01. The molecule has 0 spiro atoms. The molecule has 1 aromatic heterocycles. The molecule has 0 amide bonds. The Kier molecular flexibility index (Phi) is 5.76. The zero-order valence-corrected chi connectivity index (χ0v) is 16.9. The van der Waals surface area contributed by atoms with Gasteiger partial charge in [0, 0.05) is 28.5 Å². The van der Waals surface area contributed by atoms with Crippen LogP contribution in [0.15, 0.2) is 60.6 Å². The molecule has 0 aliphatic rings. The third kappa shape index (κ3) is 4.03. The zero-order chi connectivity index (χ0) is 21.3. The van der Waals surface area contributed by atoms with Crippen molar-refractivity contribution in [2.45, 2.75) is 30.2 Å². The van der Waals surface area contributed by atoms with Gasteiger partial charge in [-0.05, 0) is 43.7 Å². The fourth-order valence-electron chi connectivity index (χ4n) is 2.74. The standard InChI is InChI=1S/C18H15ClN4O5S/c1-3-21-16(24)20-17(25)22(18(21)26)11-4-6-13(7-5-11)29-15-10(2)8-12(23(27)28)9-14(15)19/h4-9H,3H2,1-2H3,(H,20,24,25). The quantitative estimate of drug-likeness (QED) is 0.487. The Hall–Kier alpha value is -3.11. The predicted octanol–water partition coefficient (Wildman–Crippen LogP) is 2.73. The van der Waals surface area contributed by atoms with Gasteiger partial charge < -0.3 is 0 Å². The smallest absolute Gasteiger partial charge is 0.258 e. The molecule has 3 aromatic rings. The van der Waals surface area contributed by atoms with Crippen molar-refractivity contribution in [3.05, 3.63) is 88.6 Å². The molecule has 1 heterocycles. The summed E-state index contributed by atoms with van der Waals surface area (Å²) in [6.07, 6.45) is 0. The minimum atomic E-state index is -0.820. The van der Waals surface area contributed by atoms with Crippen molar-refractivity contribution < 1.29 is 4.92 Å². The van der Waals surface area contributed by atoms with E-state index >= 15 is 0 Å². The molecule has 0 atom stereocenters. The van der Waals surface area contributed by atoms with Gasteiger partial charge in [-0.3, -0.25) is 15.1 Å². The monoisotopic (exact) mass is 434 g/mol. The van der Waals surface area contributed by atoms with Crippen LogP contribution in [-0.4, -0.2) is 19.0 Å². The lowest BCUT2D eigenvalue weighted by Crippen LogP contribution is -2.48. The van der Waals surface area contributed by atoms with E-state index in [0.29, 0.717) is 16.1 Å². The molecular weight excluding hydrogens is 420 g/mol. The molecule has 2 aromatic carbocycles. The van der Waals surface area contributed by atoms with E-state index in [1.54, 1.807) is 38.1 Å². The van der Waals surface area contributed by atoms with Crippen LogP contribution in [0.1, 0.15) is 12.5 Å². The highest BCUT2D eigenvalue weighted by Crippen LogP contribution is 2.38. The van der Waals surface area contributed by atoms with Gasteiger partial charge in [0.1, 0.15) is 0 Å². The number of non-ortho nitro benzene ring substituents is 1. The molecule has 29 heavy (non-hydrogen) atoms. The van der Waals surface area contributed by atoms with Crippen LogP contribution in [0, 0.1) is 17.0 Å². The normalized spacial score (nSPS) is 10.9. The maximum absolute atomic E-state index is 12.4. The van der Waals surface area contributed by atoms with Crippen LogP contribution >= 0.6 is 23.4 Å². The van der Waals surface area contributed by atoms with Crippen LogP contribution in [0.3, 0.4) is 0 Å². The fraction of sp³-hybridized carbons (Fsp3) is 0.167. The lowest BCUT2D eigenvalue weighted by atomic mass is 10.2. The summed E-state index contributed by atoms with van der Waals surface area (Å²) in [4.78, 5) is 50.2. The predicted molar refractivity (Wildman–Crippen MR) is 110 cm³/mol. The van der Waals surface area contributed by atoms with Gasteiger partial charge in [0.15, 0.2) is 0 Å². The number of aryl methyl sites for hydroxylation is 1. The highest BCUT2D eigenvalue weighted by Gasteiger charge is 2.15. The average molecular weight is 435 g/mol. The summed E-state index contributed by atoms with van der Waals surface area (Å²) < 4.78 is 1.80. The summed E-state index contributed by atoms with van der Waals surface area (Å²) in [5.41, 5.74) is -1.43. The lowest BCUT2D eigenvalue weighted by Gasteiger charge is -2.10. The summed E-state index contributed by atoms with van der Waals surface area (Å²) in [5.74, 6) is 0. The lowest BCUT2D eigenvalue weighted by molar-refractivity contribution is -0.384. The highest BCUT2D eigenvalue weighted by atomic mass is 35.5. The Balaban J connectivity index is 1.97. The van der Waals surface area contributed by atoms with Crippen molar-refractivity contribution >= 4 is 29.1 Å². The number of aromatic nitrogens is 3. The molecular formula is C18H15ClN4O5S. The Morgan fingerprint density at radius 2 is 1.79 bits per heavy atom. The van der Waals surface area contributed by atoms with E-state index in [2.05, 4.69) is 4.98 Å². The number of nitrogens with zero attached hydrogens (tertiary/aromatic N) is 3. The molecule has 0 radical (unpaired) electrons. The van der Waals surface area contributed by atoms with Crippen molar-refractivity contribution in [2.75, 3.05) is 0 Å². The van der Waals surface area contributed by atoms with E-state index in [9.17, 15) is 24.5 Å². The molecule has 0 fully saturated rings. The second-order valence-corrected chi connectivity index (χ2v) is 7.52. The number of halogens is 1. The first-order valence-corrected chi connectivity index (χ1v) is 9.61. The number of hydrogen-bond acceptors (Lipinski definition) is 6. The van der Waals surface area contributed by atoms with Crippen molar-refractivity contribution in [3.8, 4) is 5.69 Å². The summed E-state index contributed by atoms with van der Waals surface area (Å²) >= 11 is 7.50. The Morgan fingerprint density at radius 1 is 1.14 bits per heavy atom. The van der Waals surface area contributed by atoms with Gasteiger partial charge in [-0.15, -0.1) is 0 Å². The van der Waals surface area contributed by atoms with Crippen molar-refractivity contribution in [1.82, 2.24) is 14.1 Å². The molecule has 0 unspecified atom stereocenters. The van der Waals surface area contributed by atoms with E-state index in [1.165, 1.54) is 23.9 Å². The van der Waals surface area contributed by atoms with Gasteiger partial charge in [0.05, 0.1) is 15.6 Å². The first-order valence-electron chi connectivity index (χ1n) is 8.42. The van der Waals surface area contributed by atoms with Gasteiger partial charge in [-0.2, -0.15) is 0 Å². The summed E-state index contributed by atoms with van der Waals surface area (Å²) in [5, 5.41) is 11.2. The average Bonchev–Trinajstić information content (AvgIpc) is 2.65. The second kappa shape index (κ2) is 8.10. The maximum atomic E-state index is 12.4. The number of nitro groups is 1. The van der Waals surface area contributed by atoms with Gasteiger partial charge in [0.2, 0.25) is 0 Å². The number of rotatable bonds is 5. The molecule has 1 N–H and O–H groups in total. The summed E-state index contributed by atoms with van der Waals surface area (Å²) in [6.45, 7) is 3.48. The topological polar surface area (TPSA) is 120 Å². The Morgan fingerprint density at radius 3 is 2.34 bits per heavy atom. The minimum absolute atomic E-state index is 0.0863. The Bertz CT molecular complexity index is 1250. The summed E-state index contributed by atoms with van der Waals surface area (Å²) in [6, 6.07) is 9.24. The van der Waals surface area contributed by atoms with Gasteiger partial charge in [-0.25, -0.2) is 23.5 Å². The Labute approximate surface area is 172 Å². The third-order valence-electron chi connectivity index (χ3n) is 4.14. The van der Waals surface area contributed by atoms with Gasteiger partial charge in [-0.1, -0.05) is 23.4 Å². The first kappa shape index (κ1) is 20.6. The van der Waals surface area contributed by atoms with Gasteiger partial charge >= 0.3 is 17.1 Å². The van der Waals surface area contributed by atoms with Crippen molar-refractivity contribution in [3.63, 3.8) is 0 Å². The molecule has 150 valence electrons. The van der Waals surface area contributed by atoms with Crippen LogP contribution in [0.25, 0.3) is 5.69 Å². The van der Waals surface area contributed by atoms with Gasteiger partial charge in [0.25, 0.3) is 5.69 Å². The molecule has 0 saturated carbocycles. The van der Waals surface area contributed by atoms with E-state index in [1.807, 2.05) is 0 Å². The highest BCUT2D eigenvalue weighted by molar-refractivity contribution is 7.99. The number of H-pyrrole nitrogens is 1. The maximum Gasteiger partial charge on any atom is 0.340 e. The van der Waals surface area contributed by atoms with Crippen molar-refractivity contribution in [1.29, 1.82) is 0 Å². The number of nitrogens with one attached hydrogen (secondary N) is 1. The molecule has 0 aliphatic carbocycles. The largest absolute Gasteiger partial charge is 0.340 e. The first-order chi connectivity index (χ1) is 13.7. The number of benzene rings is 2. The van der Waals surface area contributed by atoms with Crippen LogP contribution in [0.5, 0.6) is 0 Å². The summed E-state index contributed by atoms with van der Waals surface area (Å²) in [7, 11) is 0. The van der Waals surface area contributed by atoms with Crippen LogP contribution < -0.4 is 17.1 Å². The van der Waals surface area contributed by atoms with E-state index in [4.69, 9.17) is 11.6 Å². The third-order valence-corrected chi connectivity index (χ3v) is 5.80. The SMILES string of the molecule is CCn1c(=O)[nH]c(=O)n(-c2ccc(Sc3c(C)cc([N+](=O)[O-])cc3Cl)cc2)c1=O. The molecule has 0 aliphatic heterocycles. The zero-order valence-electron chi connectivity index (χ0n) is 15.3. The molecule has 11 heteroatoms. The number of aromatic amines is 1. The van der Waals surface area contributed by atoms with Crippen LogP contribution in [0.2, 0.25) is 5.02 Å². The minimum Gasteiger partial charge on any atom is -0.258 e. The van der Waals surface area contributed by atoms with E-state index in [0.717, 1.165) is 14.0 Å². The molecule has 0 bridgehead atoms.